The average molecular weight is 289 g/mol. The predicted molar refractivity (Wildman–Crippen MR) is 73.9 cm³/mol. The summed E-state index contributed by atoms with van der Waals surface area (Å²) in [5.41, 5.74) is 0.716. The molecule has 20 heavy (non-hydrogen) atoms. The molecule has 0 aromatic carbocycles. The summed E-state index contributed by atoms with van der Waals surface area (Å²) in [5.74, 6) is 1.03. The number of furan rings is 2. The Morgan fingerprint density at radius 3 is 2.90 bits per heavy atom. The number of hydrogen-bond donors (Lipinski definition) is 1. The Bertz CT molecular complexity index is 753. The first-order chi connectivity index (χ1) is 9.67. The molecule has 0 atom stereocenters. The fraction of sp³-hybridized carbons (Fsp3) is 0.143. The topological polar surface area (TPSA) is 76.5 Å². The molecule has 0 aliphatic heterocycles. The van der Waals surface area contributed by atoms with Crippen LogP contribution in [0.5, 0.6) is 0 Å². The van der Waals surface area contributed by atoms with E-state index in [9.17, 15) is 4.79 Å². The van der Waals surface area contributed by atoms with Crippen LogP contribution >= 0.6 is 11.3 Å². The summed E-state index contributed by atoms with van der Waals surface area (Å²) >= 11 is 1.43. The summed E-state index contributed by atoms with van der Waals surface area (Å²) in [6.45, 7) is 2.02. The number of aromatic carboxylic acids is 1. The van der Waals surface area contributed by atoms with Crippen molar-refractivity contribution in [3.8, 4) is 22.2 Å². The minimum Gasteiger partial charge on any atom is -0.478 e. The van der Waals surface area contributed by atoms with Crippen LogP contribution in [-0.2, 0) is 6.42 Å². The molecule has 0 saturated carbocycles. The molecular formula is C14H11NO4S. The molecule has 6 heteroatoms. The number of rotatable bonds is 4. The summed E-state index contributed by atoms with van der Waals surface area (Å²) in [7, 11) is 0. The zero-order valence-corrected chi connectivity index (χ0v) is 11.4. The fourth-order valence-corrected chi connectivity index (χ4v) is 2.53. The van der Waals surface area contributed by atoms with Gasteiger partial charge < -0.3 is 13.9 Å². The lowest BCUT2D eigenvalue weighted by Crippen LogP contribution is -1.91. The van der Waals surface area contributed by atoms with Gasteiger partial charge in [0.1, 0.15) is 17.7 Å². The van der Waals surface area contributed by atoms with Crippen LogP contribution in [0.3, 0.4) is 0 Å². The highest BCUT2D eigenvalue weighted by atomic mass is 32.1. The zero-order chi connectivity index (χ0) is 14.1. The summed E-state index contributed by atoms with van der Waals surface area (Å²) in [6, 6.07) is 5.26. The number of carboxylic acids is 1. The second kappa shape index (κ2) is 4.97. The fourth-order valence-electron chi connectivity index (χ4n) is 1.77. The zero-order valence-electron chi connectivity index (χ0n) is 10.6. The highest BCUT2D eigenvalue weighted by Crippen LogP contribution is 2.30. The molecule has 0 radical (unpaired) electrons. The van der Waals surface area contributed by atoms with Gasteiger partial charge in [-0.2, -0.15) is 0 Å². The van der Waals surface area contributed by atoms with E-state index in [2.05, 4.69) is 4.98 Å². The average Bonchev–Trinajstić information content (AvgIpc) is 3.17. The van der Waals surface area contributed by atoms with E-state index in [1.54, 1.807) is 0 Å². The monoisotopic (exact) mass is 289 g/mol. The summed E-state index contributed by atoms with van der Waals surface area (Å²) < 4.78 is 10.9. The second-order valence-electron chi connectivity index (χ2n) is 4.16. The number of carbonyl (C=O) groups is 1. The van der Waals surface area contributed by atoms with E-state index in [0.29, 0.717) is 17.2 Å². The van der Waals surface area contributed by atoms with Gasteiger partial charge in [0.05, 0.1) is 5.56 Å². The highest BCUT2D eigenvalue weighted by Gasteiger charge is 2.14. The maximum atomic E-state index is 10.8. The van der Waals surface area contributed by atoms with Gasteiger partial charge >= 0.3 is 5.97 Å². The molecule has 0 spiro atoms. The number of nitrogens with zero attached hydrogens (tertiary/aromatic N) is 1. The summed E-state index contributed by atoms with van der Waals surface area (Å²) in [5, 5.41) is 11.4. The van der Waals surface area contributed by atoms with E-state index < -0.39 is 5.97 Å². The Morgan fingerprint density at radius 1 is 1.40 bits per heavy atom. The molecule has 0 saturated heterocycles. The van der Waals surface area contributed by atoms with Crippen LogP contribution in [0.15, 0.2) is 38.7 Å². The van der Waals surface area contributed by atoms with Crippen LogP contribution in [0.4, 0.5) is 0 Å². The smallest absolute Gasteiger partial charge is 0.338 e. The number of thiazole rings is 1. The summed E-state index contributed by atoms with van der Waals surface area (Å²) in [6.07, 6.45) is 2.04. The SMILES string of the molecule is CCc1ccc(-c2nc(-c3cc(C(=O)O)co3)cs2)o1. The number of carboxylic acid groups (broad SMARTS) is 1. The predicted octanol–water partition coefficient (Wildman–Crippen LogP) is 3.92. The van der Waals surface area contributed by atoms with E-state index in [4.69, 9.17) is 13.9 Å². The van der Waals surface area contributed by atoms with Gasteiger partial charge in [-0.1, -0.05) is 6.92 Å². The molecule has 3 rings (SSSR count). The first-order valence-corrected chi connectivity index (χ1v) is 6.92. The Kier molecular flexibility index (Phi) is 3.15. The third-order valence-electron chi connectivity index (χ3n) is 2.82. The Balaban J connectivity index is 1.90. The maximum absolute atomic E-state index is 10.8. The van der Waals surface area contributed by atoms with Crippen molar-refractivity contribution in [2.24, 2.45) is 0 Å². The molecule has 0 fully saturated rings. The van der Waals surface area contributed by atoms with Crippen LogP contribution in [0.2, 0.25) is 0 Å². The molecular weight excluding hydrogens is 278 g/mol. The van der Waals surface area contributed by atoms with Gasteiger partial charge in [0.2, 0.25) is 0 Å². The third kappa shape index (κ3) is 2.25. The quantitative estimate of drug-likeness (QED) is 0.787. The van der Waals surface area contributed by atoms with Gasteiger partial charge in [-0.15, -0.1) is 11.3 Å². The standard InChI is InChI=1S/C14H11NO4S/c1-2-9-3-4-11(19-9)13-15-10(7-20-13)12-5-8(6-18-12)14(16)17/h3-7H,2H2,1H3,(H,16,17). The molecule has 3 aromatic rings. The van der Waals surface area contributed by atoms with Crippen LogP contribution in [0, 0.1) is 0 Å². The summed E-state index contributed by atoms with van der Waals surface area (Å²) in [4.78, 5) is 15.2. The number of aromatic nitrogens is 1. The van der Waals surface area contributed by atoms with Gasteiger partial charge in [-0.05, 0) is 12.1 Å². The molecule has 0 aliphatic rings. The molecule has 1 N–H and O–H groups in total. The van der Waals surface area contributed by atoms with Crippen LogP contribution < -0.4 is 0 Å². The van der Waals surface area contributed by atoms with Crippen molar-refractivity contribution in [3.63, 3.8) is 0 Å². The minimum absolute atomic E-state index is 0.112. The van der Waals surface area contributed by atoms with Crippen molar-refractivity contribution in [1.29, 1.82) is 0 Å². The Labute approximate surface area is 118 Å². The van der Waals surface area contributed by atoms with Crippen molar-refractivity contribution < 1.29 is 18.7 Å². The van der Waals surface area contributed by atoms with Gasteiger partial charge in [-0.3, -0.25) is 0 Å². The van der Waals surface area contributed by atoms with Gasteiger partial charge in [0, 0.05) is 17.9 Å². The first kappa shape index (κ1) is 12.7. The maximum Gasteiger partial charge on any atom is 0.338 e. The molecule has 102 valence electrons. The van der Waals surface area contributed by atoms with E-state index in [-0.39, 0.29) is 5.56 Å². The van der Waals surface area contributed by atoms with Crippen LogP contribution in [0.25, 0.3) is 22.2 Å². The molecule has 5 nitrogen and oxygen atoms in total. The molecule has 0 aliphatic carbocycles. The molecule has 0 unspecified atom stereocenters. The first-order valence-electron chi connectivity index (χ1n) is 6.04. The number of hydrogen-bond acceptors (Lipinski definition) is 5. The lowest BCUT2D eigenvalue weighted by atomic mass is 10.3. The second-order valence-corrected chi connectivity index (χ2v) is 5.02. The van der Waals surface area contributed by atoms with Gasteiger partial charge in [-0.25, -0.2) is 9.78 Å². The van der Waals surface area contributed by atoms with Crippen molar-refractivity contribution in [3.05, 3.63) is 41.2 Å². The van der Waals surface area contributed by atoms with Crippen molar-refractivity contribution in [2.75, 3.05) is 0 Å². The Hall–Kier alpha value is -2.34. The normalized spacial score (nSPS) is 10.8. The number of aryl methyl sites for hydroxylation is 1. The van der Waals surface area contributed by atoms with Crippen molar-refractivity contribution in [1.82, 2.24) is 4.98 Å². The van der Waals surface area contributed by atoms with E-state index >= 15 is 0 Å². The van der Waals surface area contributed by atoms with E-state index in [0.717, 1.165) is 17.2 Å². The molecule has 3 aromatic heterocycles. The molecule has 3 heterocycles. The lowest BCUT2D eigenvalue weighted by molar-refractivity contribution is 0.0696. The van der Waals surface area contributed by atoms with Crippen LogP contribution in [0.1, 0.15) is 23.0 Å². The highest BCUT2D eigenvalue weighted by molar-refractivity contribution is 7.13. The van der Waals surface area contributed by atoms with Crippen LogP contribution in [-0.4, -0.2) is 16.1 Å². The molecule has 0 amide bonds. The van der Waals surface area contributed by atoms with Gasteiger partial charge in [0.15, 0.2) is 16.5 Å². The Morgan fingerprint density at radius 2 is 2.25 bits per heavy atom. The molecule has 0 bridgehead atoms. The largest absolute Gasteiger partial charge is 0.478 e. The lowest BCUT2D eigenvalue weighted by Gasteiger charge is -1.90. The van der Waals surface area contributed by atoms with Crippen molar-refractivity contribution >= 4 is 17.3 Å². The van der Waals surface area contributed by atoms with E-state index in [1.165, 1.54) is 23.7 Å². The van der Waals surface area contributed by atoms with E-state index in [1.807, 2.05) is 24.4 Å². The minimum atomic E-state index is -1.02. The third-order valence-corrected chi connectivity index (χ3v) is 3.68. The van der Waals surface area contributed by atoms with Gasteiger partial charge in [0.25, 0.3) is 0 Å². The van der Waals surface area contributed by atoms with Crippen molar-refractivity contribution in [2.45, 2.75) is 13.3 Å².